The molecule has 6 heteroatoms. The number of anilines is 2. The summed E-state index contributed by atoms with van der Waals surface area (Å²) in [6.07, 6.45) is 2.58. The average molecular weight is 393 g/mol. The Labute approximate surface area is 151 Å². The van der Waals surface area contributed by atoms with Gasteiger partial charge in [-0.1, -0.05) is 35.3 Å². The zero-order chi connectivity index (χ0) is 17.7. The molecule has 4 N–H and O–H groups in total. The summed E-state index contributed by atoms with van der Waals surface area (Å²) in [6, 6.07) is 6.21. The van der Waals surface area contributed by atoms with Gasteiger partial charge in [0.2, 0.25) is 5.95 Å². The van der Waals surface area contributed by atoms with Crippen LogP contribution in [-0.4, -0.2) is 27.7 Å². The zero-order valence-corrected chi connectivity index (χ0v) is 16.0. The lowest BCUT2D eigenvalue weighted by Gasteiger charge is -2.20. The lowest BCUT2D eigenvalue weighted by atomic mass is 9.99. The smallest absolute Gasteiger partial charge is 0.222 e. The van der Waals surface area contributed by atoms with E-state index in [0.29, 0.717) is 0 Å². The van der Waals surface area contributed by atoms with E-state index in [1.807, 2.05) is 13.0 Å². The molecule has 130 valence electrons. The molecule has 0 spiro atoms. The summed E-state index contributed by atoms with van der Waals surface area (Å²) in [7, 11) is 0. The Balaban J connectivity index is 2.37. The Morgan fingerprint density at radius 2 is 2.04 bits per heavy atom. The number of rotatable bonds is 7. The molecule has 0 aliphatic heterocycles. The van der Waals surface area contributed by atoms with Crippen LogP contribution in [-0.2, 0) is 6.42 Å². The number of aliphatic hydroxyl groups is 1. The predicted octanol–water partition coefficient (Wildman–Crippen LogP) is 3.60. The second kappa shape index (κ2) is 8.44. The number of hydrogen-bond donors (Lipinski definition) is 3. The van der Waals surface area contributed by atoms with Crippen LogP contribution in [0.3, 0.4) is 0 Å². The van der Waals surface area contributed by atoms with E-state index >= 15 is 0 Å². The number of nitrogens with one attached hydrogen (secondary N) is 1. The normalized spacial score (nSPS) is 12.2. The minimum Gasteiger partial charge on any atom is -0.394 e. The first-order valence-corrected chi connectivity index (χ1v) is 8.99. The highest BCUT2D eigenvalue weighted by Crippen LogP contribution is 2.25. The highest BCUT2D eigenvalue weighted by Gasteiger charge is 2.16. The summed E-state index contributed by atoms with van der Waals surface area (Å²) < 4.78 is 1.07. The van der Waals surface area contributed by atoms with E-state index in [-0.39, 0.29) is 18.6 Å². The Hall–Kier alpha value is -1.66. The topological polar surface area (TPSA) is 84.1 Å². The average Bonchev–Trinajstić information content (AvgIpc) is 2.52. The number of nitrogen functional groups attached to an aromatic ring is 1. The Morgan fingerprint density at radius 1 is 1.29 bits per heavy atom. The van der Waals surface area contributed by atoms with Gasteiger partial charge in [-0.25, -0.2) is 4.98 Å². The molecular formula is C18H25BrN4O. The van der Waals surface area contributed by atoms with Crippen molar-refractivity contribution >= 4 is 27.7 Å². The lowest BCUT2D eigenvalue weighted by molar-refractivity contribution is 0.268. The van der Waals surface area contributed by atoms with Gasteiger partial charge in [-0.2, -0.15) is 4.98 Å². The first-order chi connectivity index (χ1) is 11.4. The molecule has 1 aromatic carbocycles. The fourth-order valence-electron chi connectivity index (χ4n) is 2.75. The maximum Gasteiger partial charge on any atom is 0.222 e. The van der Waals surface area contributed by atoms with E-state index in [1.54, 1.807) is 0 Å². The monoisotopic (exact) mass is 392 g/mol. The molecule has 0 amide bonds. The van der Waals surface area contributed by atoms with Gasteiger partial charge in [0.05, 0.1) is 12.6 Å². The molecule has 0 unspecified atom stereocenters. The predicted molar refractivity (Wildman–Crippen MR) is 102 cm³/mol. The van der Waals surface area contributed by atoms with Gasteiger partial charge in [-0.05, 0) is 43.5 Å². The summed E-state index contributed by atoms with van der Waals surface area (Å²) in [5.74, 6) is 0.967. The van der Waals surface area contributed by atoms with E-state index in [0.717, 1.165) is 40.8 Å². The number of hydrogen-bond acceptors (Lipinski definition) is 5. The van der Waals surface area contributed by atoms with Crippen molar-refractivity contribution in [1.29, 1.82) is 0 Å². The van der Waals surface area contributed by atoms with Gasteiger partial charge < -0.3 is 16.2 Å². The molecule has 0 aliphatic carbocycles. The van der Waals surface area contributed by atoms with E-state index in [4.69, 9.17) is 5.73 Å². The minimum atomic E-state index is -0.0338. The molecule has 1 aromatic heterocycles. The van der Waals surface area contributed by atoms with Gasteiger partial charge in [0.1, 0.15) is 5.82 Å². The van der Waals surface area contributed by atoms with Crippen molar-refractivity contribution in [1.82, 2.24) is 9.97 Å². The molecule has 0 bridgehead atoms. The fraction of sp³-hybridized carbons (Fsp3) is 0.444. The van der Waals surface area contributed by atoms with Crippen LogP contribution in [0, 0.1) is 13.8 Å². The number of nitrogens with zero attached hydrogens (tertiary/aromatic N) is 2. The van der Waals surface area contributed by atoms with Crippen molar-refractivity contribution in [2.24, 2.45) is 0 Å². The second-order valence-electron chi connectivity index (χ2n) is 6.05. The van der Waals surface area contributed by atoms with E-state index in [1.165, 1.54) is 11.1 Å². The zero-order valence-electron chi connectivity index (χ0n) is 14.4. The van der Waals surface area contributed by atoms with Crippen LogP contribution in [0.1, 0.15) is 42.1 Å². The van der Waals surface area contributed by atoms with Crippen LogP contribution in [0.25, 0.3) is 0 Å². The van der Waals surface area contributed by atoms with Crippen molar-refractivity contribution in [3.8, 4) is 0 Å². The molecule has 1 heterocycles. The summed E-state index contributed by atoms with van der Waals surface area (Å²) in [5, 5.41) is 12.9. The number of halogens is 1. The van der Waals surface area contributed by atoms with Crippen molar-refractivity contribution in [2.45, 2.75) is 46.1 Å². The van der Waals surface area contributed by atoms with Gasteiger partial charge in [0.25, 0.3) is 0 Å². The molecule has 0 saturated carbocycles. The van der Waals surface area contributed by atoms with Crippen LogP contribution in [0.4, 0.5) is 11.8 Å². The van der Waals surface area contributed by atoms with Gasteiger partial charge in [-0.3, -0.25) is 0 Å². The summed E-state index contributed by atoms with van der Waals surface area (Å²) in [4.78, 5) is 8.69. The standard InChI is InChI=1S/C18H25BrN4O/c1-4-5-15(10-24)22-17-16(12(3)21-18(20)23-17)9-13-6-7-14(19)8-11(13)2/h6-8,15,24H,4-5,9-10H2,1-3H3,(H3,20,21,22,23)/t15-/m0/s1. The summed E-state index contributed by atoms with van der Waals surface area (Å²) in [5.41, 5.74) is 10.1. The van der Waals surface area contributed by atoms with Crippen molar-refractivity contribution in [3.63, 3.8) is 0 Å². The third kappa shape index (κ3) is 4.68. The Kier molecular flexibility index (Phi) is 6.57. The van der Waals surface area contributed by atoms with Crippen LogP contribution in [0.15, 0.2) is 22.7 Å². The third-order valence-corrected chi connectivity index (χ3v) is 4.59. The second-order valence-corrected chi connectivity index (χ2v) is 6.97. The number of benzene rings is 1. The summed E-state index contributed by atoms with van der Waals surface area (Å²) in [6.45, 7) is 6.19. The quantitative estimate of drug-likeness (QED) is 0.670. The number of aryl methyl sites for hydroxylation is 2. The number of aromatic nitrogens is 2. The Bertz CT molecular complexity index is 706. The summed E-state index contributed by atoms with van der Waals surface area (Å²) >= 11 is 3.50. The van der Waals surface area contributed by atoms with Crippen LogP contribution < -0.4 is 11.1 Å². The maximum absolute atomic E-state index is 9.57. The largest absolute Gasteiger partial charge is 0.394 e. The first kappa shape index (κ1) is 18.7. The van der Waals surface area contributed by atoms with Crippen LogP contribution in [0.2, 0.25) is 0 Å². The van der Waals surface area contributed by atoms with E-state index in [2.05, 4.69) is 57.2 Å². The van der Waals surface area contributed by atoms with Crippen molar-refractivity contribution in [2.75, 3.05) is 17.7 Å². The number of nitrogens with two attached hydrogens (primary N) is 1. The van der Waals surface area contributed by atoms with Gasteiger partial charge in [0, 0.05) is 22.2 Å². The molecule has 5 nitrogen and oxygen atoms in total. The van der Waals surface area contributed by atoms with Gasteiger partial charge in [-0.15, -0.1) is 0 Å². The molecule has 2 rings (SSSR count). The van der Waals surface area contributed by atoms with Crippen LogP contribution >= 0.6 is 15.9 Å². The highest BCUT2D eigenvalue weighted by molar-refractivity contribution is 9.10. The van der Waals surface area contributed by atoms with Gasteiger partial charge in [0.15, 0.2) is 0 Å². The number of aliphatic hydroxyl groups excluding tert-OH is 1. The van der Waals surface area contributed by atoms with Crippen molar-refractivity contribution < 1.29 is 5.11 Å². The van der Waals surface area contributed by atoms with E-state index in [9.17, 15) is 5.11 Å². The molecule has 1 atom stereocenters. The van der Waals surface area contributed by atoms with Gasteiger partial charge >= 0.3 is 0 Å². The third-order valence-electron chi connectivity index (χ3n) is 4.10. The van der Waals surface area contributed by atoms with Crippen molar-refractivity contribution in [3.05, 3.63) is 45.1 Å². The first-order valence-electron chi connectivity index (χ1n) is 8.20. The lowest BCUT2D eigenvalue weighted by Crippen LogP contribution is -2.25. The molecule has 0 saturated heterocycles. The maximum atomic E-state index is 9.57. The van der Waals surface area contributed by atoms with Crippen LogP contribution in [0.5, 0.6) is 0 Å². The SMILES string of the molecule is CCC[C@@H](CO)Nc1nc(N)nc(C)c1Cc1ccc(Br)cc1C. The molecule has 0 fully saturated rings. The highest BCUT2D eigenvalue weighted by atomic mass is 79.9. The van der Waals surface area contributed by atoms with E-state index < -0.39 is 0 Å². The fourth-order valence-corrected chi connectivity index (χ4v) is 3.22. The Morgan fingerprint density at radius 3 is 2.67 bits per heavy atom. The molecule has 24 heavy (non-hydrogen) atoms. The molecule has 0 aliphatic rings. The molecule has 2 aromatic rings. The minimum absolute atomic E-state index is 0.0338. The molecular weight excluding hydrogens is 368 g/mol. The molecule has 0 radical (unpaired) electrons.